The van der Waals surface area contributed by atoms with Gasteiger partial charge in [-0.2, -0.15) is 0 Å². The summed E-state index contributed by atoms with van der Waals surface area (Å²) in [4.78, 5) is 0. The maximum Gasteiger partial charge on any atom is 0.134 e. The number of aromatic hydroxyl groups is 1. The van der Waals surface area contributed by atoms with Crippen LogP contribution in [0.15, 0.2) is 18.2 Å². The zero-order valence-electron chi connectivity index (χ0n) is 8.50. The van der Waals surface area contributed by atoms with E-state index in [0.717, 1.165) is 12.0 Å². The monoisotopic (exact) mass is 213 g/mol. The first kappa shape index (κ1) is 11.3. The van der Waals surface area contributed by atoms with E-state index in [1.54, 1.807) is 12.1 Å². The first-order chi connectivity index (χ1) is 6.56. The molecule has 0 bridgehead atoms. The lowest BCUT2D eigenvalue weighted by Gasteiger charge is -2.18. The fourth-order valence-electron chi connectivity index (χ4n) is 1.31. The van der Waals surface area contributed by atoms with Crippen molar-refractivity contribution in [2.75, 3.05) is 0 Å². The predicted molar refractivity (Wildman–Crippen MR) is 59.5 cm³/mol. The van der Waals surface area contributed by atoms with Gasteiger partial charge in [0.15, 0.2) is 0 Å². The molecule has 78 valence electrons. The van der Waals surface area contributed by atoms with Crippen LogP contribution in [0.1, 0.15) is 31.9 Å². The lowest BCUT2D eigenvalue weighted by atomic mass is 9.93. The highest BCUT2D eigenvalue weighted by atomic mass is 35.5. The predicted octanol–water partition coefficient (Wildman–Crippen LogP) is 3.09. The van der Waals surface area contributed by atoms with Gasteiger partial charge in [-0.3, -0.25) is 0 Å². The van der Waals surface area contributed by atoms with Crippen LogP contribution in [-0.2, 0) is 0 Å². The number of benzene rings is 1. The Morgan fingerprint density at radius 2 is 2.14 bits per heavy atom. The van der Waals surface area contributed by atoms with Gasteiger partial charge in [0.05, 0.1) is 5.02 Å². The Morgan fingerprint density at radius 3 is 2.64 bits per heavy atom. The normalized spacial score (nSPS) is 15.1. The van der Waals surface area contributed by atoms with E-state index in [4.69, 9.17) is 17.3 Å². The van der Waals surface area contributed by atoms with E-state index in [0.29, 0.717) is 10.9 Å². The number of hydrogen-bond donors (Lipinski definition) is 2. The zero-order valence-corrected chi connectivity index (χ0v) is 9.25. The molecule has 1 aromatic rings. The molecule has 14 heavy (non-hydrogen) atoms. The summed E-state index contributed by atoms with van der Waals surface area (Å²) in [6, 6.07) is 5.11. The molecule has 2 nitrogen and oxygen atoms in total. The van der Waals surface area contributed by atoms with Crippen LogP contribution in [0.2, 0.25) is 5.02 Å². The van der Waals surface area contributed by atoms with E-state index in [9.17, 15) is 5.11 Å². The minimum Gasteiger partial charge on any atom is -0.506 e. The van der Waals surface area contributed by atoms with Crippen LogP contribution in [0.5, 0.6) is 5.75 Å². The van der Waals surface area contributed by atoms with Gasteiger partial charge >= 0.3 is 0 Å². The highest BCUT2D eigenvalue weighted by Gasteiger charge is 2.13. The van der Waals surface area contributed by atoms with Crippen molar-refractivity contribution >= 4 is 11.6 Å². The average molecular weight is 214 g/mol. The van der Waals surface area contributed by atoms with Crippen LogP contribution in [0.4, 0.5) is 0 Å². The van der Waals surface area contributed by atoms with Gasteiger partial charge in [0.1, 0.15) is 5.75 Å². The highest BCUT2D eigenvalue weighted by molar-refractivity contribution is 6.32. The summed E-state index contributed by atoms with van der Waals surface area (Å²) in [7, 11) is 0. The van der Waals surface area contributed by atoms with Gasteiger partial charge in [-0.1, -0.05) is 37.9 Å². The maximum absolute atomic E-state index is 9.25. The van der Waals surface area contributed by atoms with Crippen molar-refractivity contribution < 1.29 is 5.11 Å². The van der Waals surface area contributed by atoms with E-state index in [1.165, 1.54) is 0 Å². The molecule has 0 aliphatic rings. The van der Waals surface area contributed by atoms with Gasteiger partial charge in [0.25, 0.3) is 0 Å². The van der Waals surface area contributed by atoms with E-state index in [-0.39, 0.29) is 11.8 Å². The fourth-order valence-corrected chi connectivity index (χ4v) is 1.50. The van der Waals surface area contributed by atoms with Crippen molar-refractivity contribution in [3.63, 3.8) is 0 Å². The summed E-state index contributed by atoms with van der Waals surface area (Å²) in [5.41, 5.74) is 7.00. The molecule has 0 heterocycles. The van der Waals surface area contributed by atoms with Crippen molar-refractivity contribution in [1.82, 2.24) is 0 Å². The molecular weight excluding hydrogens is 198 g/mol. The van der Waals surface area contributed by atoms with Gasteiger partial charge in [0, 0.05) is 6.04 Å². The zero-order chi connectivity index (χ0) is 10.7. The Labute approximate surface area is 89.7 Å². The van der Waals surface area contributed by atoms with Crippen LogP contribution < -0.4 is 5.73 Å². The Bertz CT molecular complexity index is 314. The molecule has 2 atom stereocenters. The topological polar surface area (TPSA) is 46.2 Å². The number of phenolic OH excluding ortho intramolecular Hbond substituents is 1. The number of halogens is 1. The van der Waals surface area contributed by atoms with Crippen molar-refractivity contribution in [2.24, 2.45) is 11.7 Å². The maximum atomic E-state index is 9.25. The van der Waals surface area contributed by atoms with Gasteiger partial charge in [-0.05, 0) is 23.6 Å². The number of phenols is 1. The third-order valence-electron chi connectivity index (χ3n) is 2.61. The Hall–Kier alpha value is -0.730. The number of nitrogens with two attached hydrogens (primary N) is 1. The smallest absolute Gasteiger partial charge is 0.134 e. The second kappa shape index (κ2) is 4.67. The second-order valence-corrected chi connectivity index (χ2v) is 4.03. The summed E-state index contributed by atoms with van der Waals surface area (Å²) in [5.74, 6) is 0.516. The molecule has 3 N–H and O–H groups in total. The first-order valence-electron chi connectivity index (χ1n) is 4.80. The molecule has 0 aliphatic carbocycles. The summed E-state index contributed by atoms with van der Waals surface area (Å²) in [6.45, 7) is 4.21. The van der Waals surface area contributed by atoms with Crippen LogP contribution in [-0.4, -0.2) is 5.11 Å². The molecule has 0 saturated carbocycles. The fraction of sp³-hybridized carbons (Fsp3) is 0.455. The highest BCUT2D eigenvalue weighted by Crippen LogP contribution is 2.29. The minimum atomic E-state index is -0.0156. The molecular formula is C11H16ClNO. The molecule has 1 aromatic carbocycles. The lowest BCUT2D eigenvalue weighted by Crippen LogP contribution is -2.18. The summed E-state index contributed by atoms with van der Waals surface area (Å²) >= 11 is 5.80. The molecule has 3 heteroatoms. The molecule has 0 saturated heterocycles. The minimum absolute atomic E-state index is 0.0156. The Kier molecular flexibility index (Phi) is 3.78. The van der Waals surface area contributed by atoms with E-state index >= 15 is 0 Å². The molecule has 0 spiro atoms. The van der Waals surface area contributed by atoms with Crippen molar-refractivity contribution in [3.05, 3.63) is 28.8 Å². The largest absolute Gasteiger partial charge is 0.506 e. The molecule has 0 aromatic heterocycles. The van der Waals surface area contributed by atoms with Gasteiger partial charge in [0.2, 0.25) is 0 Å². The van der Waals surface area contributed by atoms with E-state index < -0.39 is 0 Å². The van der Waals surface area contributed by atoms with Crippen LogP contribution >= 0.6 is 11.6 Å². The van der Waals surface area contributed by atoms with Gasteiger partial charge in [-0.25, -0.2) is 0 Å². The van der Waals surface area contributed by atoms with Crippen molar-refractivity contribution in [2.45, 2.75) is 26.3 Å². The molecule has 0 fully saturated rings. The molecule has 1 rings (SSSR count). The van der Waals surface area contributed by atoms with Gasteiger partial charge in [-0.15, -0.1) is 0 Å². The number of hydrogen-bond acceptors (Lipinski definition) is 2. The summed E-state index contributed by atoms with van der Waals surface area (Å²) in [6.07, 6.45) is 1.03. The SMILES string of the molecule is CCC(C)C(N)c1ccc(O)c(Cl)c1. The molecule has 0 aliphatic heterocycles. The second-order valence-electron chi connectivity index (χ2n) is 3.62. The third-order valence-corrected chi connectivity index (χ3v) is 2.92. The molecule has 0 radical (unpaired) electrons. The number of rotatable bonds is 3. The van der Waals surface area contributed by atoms with Crippen LogP contribution in [0.25, 0.3) is 0 Å². The molecule has 2 unspecified atom stereocenters. The first-order valence-corrected chi connectivity index (χ1v) is 5.18. The Balaban J connectivity index is 2.91. The van der Waals surface area contributed by atoms with Crippen LogP contribution in [0, 0.1) is 5.92 Å². The van der Waals surface area contributed by atoms with Crippen molar-refractivity contribution in [3.8, 4) is 5.75 Å². The van der Waals surface area contributed by atoms with E-state index in [1.807, 2.05) is 6.07 Å². The Morgan fingerprint density at radius 1 is 1.50 bits per heavy atom. The standard InChI is InChI=1S/C11H16ClNO/c1-3-7(2)11(13)8-4-5-10(14)9(12)6-8/h4-7,11,14H,3,13H2,1-2H3. The van der Waals surface area contributed by atoms with E-state index in [2.05, 4.69) is 13.8 Å². The third kappa shape index (κ3) is 2.40. The molecule has 0 amide bonds. The van der Waals surface area contributed by atoms with Crippen molar-refractivity contribution in [1.29, 1.82) is 0 Å². The van der Waals surface area contributed by atoms with Gasteiger partial charge < -0.3 is 10.8 Å². The quantitative estimate of drug-likeness (QED) is 0.811. The van der Waals surface area contributed by atoms with Crippen LogP contribution in [0.3, 0.4) is 0 Å². The summed E-state index contributed by atoms with van der Waals surface area (Å²) < 4.78 is 0. The lowest BCUT2D eigenvalue weighted by molar-refractivity contribution is 0.453. The summed E-state index contributed by atoms with van der Waals surface area (Å²) in [5, 5.41) is 9.61. The average Bonchev–Trinajstić information content (AvgIpc) is 2.20.